The summed E-state index contributed by atoms with van der Waals surface area (Å²) in [5.74, 6) is -1.72. The fourth-order valence-electron chi connectivity index (χ4n) is 2.82. The molecule has 0 spiro atoms. The van der Waals surface area contributed by atoms with Crippen molar-refractivity contribution in [3.05, 3.63) is 59.2 Å². The molecule has 2 N–H and O–H groups in total. The molecular weight excluding hydrogens is 348 g/mol. The molecule has 0 saturated heterocycles. The van der Waals surface area contributed by atoms with Crippen molar-refractivity contribution < 1.29 is 23.9 Å². The minimum absolute atomic E-state index is 0.111. The largest absolute Gasteiger partial charge is 0.454 e. The lowest BCUT2D eigenvalue weighted by Gasteiger charge is -2.08. The molecule has 1 aliphatic rings. The van der Waals surface area contributed by atoms with Crippen LogP contribution in [-0.4, -0.2) is 30.2 Å². The molecule has 1 heterocycles. The average molecular weight is 366 g/mol. The van der Waals surface area contributed by atoms with Crippen LogP contribution in [0.25, 0.3) is 0 Å². The average Bonchev–Trinajstić information content (AvgIpc) is 2.92. The highest BCUT2D eigenvalue weighted by atomic mass is 16.5. The van der Waals surface area contributed by atoms with Gasteiger partial charge in [0, 0.05) is 23.9 Å². The molecule has 3 rings (SSSR count). The number of anilines is 2. The number of fused-ring (bicyclic) bond motifs is 1. The van der Waals surface area contributed by atoms with Crippen LogP contribution in [0.5, 0.6) is 0 Å². The van der Waals surface area contributed by atoms with E-state index in [4.69, 9.17) is 4.74 Å². The molecule has 0 fully saturated rings. The van der Waals surface area contributed by atoms with E-state index < -0.39 is 12.6 Å². The van der Waals surface area contributed by atoms with Gasteiger partial charge in [-0.2, -0.15) is 0 Å². The Balaban J connectivity index is 1.65. The Kier molecular flexibility index (Phi) is 5.03. The van der Waals surface area contributed by atoms with Crippen molar-refractivity contribution in [2.24, 2.45) is 0 Å². The molecule has 1 aliphatic heterocycles. The Morgan fingerprint density at radius 2 is 1.89 bits per heavy atom. The Hall–Kier alpha value is -3.48. The van der Waals surface area contributed by atoms with Gasteiger partial charge in [0.25, 0.3) is 0 Å². The smallest absolute Gasteiger partial charge is 0.338 e. The molecule has 27 heavy (non-hydrogen) atoms. The summed E-state index contributed by atoms with van der Waals surface area (Å²) in [5.41, 5.74) is 2.51. The van der Waals surface area contributed by atoms with Gasteiger partial charge in [-0.25, -0.2) is 4.79 Å². The number of hydrogen-bond acceptors (Lipinski definition) is 5. The summed E-state index contributed by atoms with van der Waals surface area (Å²) in [4.78, 5) is 47.3. The van der Waals surface area contributed by atoms with Crippen molar-refractivity contribution in [1.29, 1.82) is 0 Å². The number of nitrogens with one attached hydrogen (secondary N) is 2. The summed E-state index contributed by atoms with van der Waals surface area (Å²) in [6.07, 6.45) is 0. The lowest BCUT2D eigenvalue weighted by Crippen LogP contribution is -2.15. The van der Waals surface area contributed by atoms with Gasteiger partial charge in [0.15, 0.2) is 12.4 Å². The summed E-state index contributed by atoms with van der Waals surface area (Å²) in [7, 11) is 0. The molecule has 0 aromatic heterocycles. The molecule has 7 heteroatoms. The molecule has 7 nitrogen and oxygen atoms in total. The third-order valence-corrected chi connectivity index (χ3v) is 4.24. The topological polar surface area (TPSA) is 102 Å². The SMILES string of the molecule is CC(=O)Nc1cccc(C(=O)OCC(=O)c2ccc3c(c2)[C@H](C)C(=O)N3)c1. The van der Waals surface area contributed by atoms with Gasteiger partial charge in [-0.1, -0.05) is 6.07 Å². The first kappa shape index (κ1) is 18.3. The minimum Gasteiger partial charge on any atom is -0.454 e. The molecule has 2 aromatic rings. The summed E-state index contributed by atoms with van der Waals surface area (Å²) in [5, 5.41) is 5.31. The van der Waals surface area contributed by atoms with Crippen molar-refractivity contribution in [2.75, 3.05) is 17.2 Å². The number of benzene rings is 2. The first-order chi connectivity index (χ1) is 12.8. The molecule has 0 saturated carbocycles. The number of rotatable bonds is 5. The van der Waals surface area contributed by atoms with E-state index in [1.807, 2.05) is 0 Å². The summed E-state index contributed by atoms with van der Waals surface area (Å²) >= 11 is 0. The summed E-state index contributed by atoms with van der Waals surface area (Å²) in [6.45, 7) is 2.71. The van der Waals surface area contributed by atoms with E-state index in [0.717, 1.165) is 5.56 Å². The number of amides is 2. The maximum Gasteiger partial charge on any atom is 0.338 e. The zero-order valence-corrected chi connectivity index (χ0v) is 14.9. The molecule has 0 bridgehead atoms. The molecule has 2 amide bonds. The van der Waals surface area contributed by atoms with E-state index in [1.165, 1.54) is 19.1 Å². The van der Waals surface area contributed by atoms with Crippen LogP contribution in [0, 0.1) is 0 Å². The number of carbonyl (C=O) groups is 4. The number of hydrogen-bond donors (Lipinski definition) is 2. The lowest BCUT2D eigenvalue weighted by molar-refractivity contribution is -0.116. The normalized spacial score (nSPS) is 14.9. The maximum absolute atomic E-state index is 12.3. The van der Waals surface area contributed by atoms with Crippen LogP contribution >= 0.6 is 0 Å². The predicted molar refractivity (Wildman–Crippen MR) is 98.8 cm³/mol. The van der Waals surface area contributed by atoms with Crippen molar-refractivity contribution >= 4 is 34.9 Å². The molecule has 1 atom stereocenters. The molecule has 0 aliphatic carbocycles. The van der Waals surface area contributed by atoms with Crippen LogP contribution in [0.1, 0.15) is 46.0 Å². The van der Waals surface area contributed by atoms with Gasteiger partial charge in [0.2, 0.25) is 11.8 Å². The highest BCUT2D eigenvalue weighted by Gasteiger charge is 2.27. The second-order valence-electron chi connectivity index (χ2n) is 6.27. The van der Waals surface area contributed by atoms with Crippen molar-refractivity contribution in [3.63, 3.8) is 0 Å². The van der Waals surface area contributed by atoms with Gasteiger partial charge in [-0.05, 0) is 48.9 Å². The minimum atomic E-state index is -0.665. The van der Waals surface area contributed by atoms with Gasteiger partial charge in [0.1, 0.15) is 0 Å². The fraction of sp³-hybridized carbons (Fsp3) is 0.200. The third-order valence-electron chi connectivity index (χ3n) is 4.24. The Morgan fingerprint density at radius 3 is 2.63 bits per heavy atom. The van der Waals surface area contributed by atoms with Gasteiger partial charge in [-0.3, -0.25) is 14.4 Å². The summed E-state index contributed by atoms with van der Waals surface area (Å²) < 4.78 is 5.09. The standard InChI is InChI=1S/C20H18N2O5/c1-11-16-9-13(6-7-17(16)22-19(11)25)18(24)10-27-20(26)14-4-3-5-15(8-14)21-12(2)23/h3-9,11H,10H2,1-2H3,(H,21,23)(H,22,25)/t11-/m0/s1. The second-order valence-corrected chi connectivity index (χ2v) is 6.27. The number of carbonyl (C=O) groups excluding carboxylic acids is 4. The number of ketones is 1. The van der Waals surface area contributed by atoms with Crippen LogP contribution in [0.2, 0.25) is 0 Å². The Bertz CT molecular complexity index is 951. The van der Waals surface area contributed by atoms with E-state index in [-0.39, 0.29) is 29.1 Å². The molecule has 138 valence electrons. The van der Waals surface area contributed by atoms with Gasteiger partial charge in [0.05, 0.1) is 11.5 Å². The van der Waals surface area contributed by atoms with E-state index in [1.54, 1.807) is 37.3 Å². The maximum atomic E-state index is 12.3. The highest BCUT2D eigenvalue weighted by molar-refractivity contribution is 6.05. The van der Waals surface area contributed by atoms with Gasteiger partial charge >= 0.3 is 5.97 Å². The first-order valence-corrected chi connectivity index (χ1v) is 8.38. The van der Waals surface area contributed by atoms with E-state index in [0.29, 0.717) is 16.9 Å². The van der Waals surface area contributed by atoms with E-state index >= 15 is 0 Å². The number of Topliss-reactive ketones (excluding diaryl/α,β-unsaturated/α-hetero) is 1. The van der Waals surface area contributed by atoms with Crippen LogP contribution in [0.4, 0.5) is 11.4 Å². The van der Waals surface area contributed by atoms with Gasteiger partial charge < -0.3 is 15.4 Å². The fourth-order valence-corrected chi connectivity index (χ4v) is 2.82. The van der Waals surface area contributed by atoms with Crippen molar-refractivity contribution in [2.45, 2.75) is 19.8 Å². The lowest BCUT2D eigenvalue weighted by atomic mass is 9.99. The van der Waals surface area contributed by atoms with E-state index in [2.05, 4.69) is 10.6 Å². The predicted octanol–water partition coefficient (Wildman–Crippen LogP) is 2.74. The van der Waals surface area contributed by atoms with Gasteiger partial charge in [-0.15, -0.1) is 0 Å². The van der Waals surface area contributed by atoms with Crippen LogP contribution < -0.4 is 10.6 Å². The monoisotopic (exact) mass is 366 g/mol. The Labute approximate surface area is 155 Å². The van der Waals surface area contributed by atoms with Crippen LogP contribution in [0.3, 0.4) is 0 Å². The molecule has 2 aromatic carbocycles. The molecule has 0 unspecified atom stereocenters. The Morgan fingerprint density at radius 1 is 1.11 bits per heavy atom. The van der Waals surface area contributed by atoms with Crippen LogP contribution in [-0.2, 0) is 14.3 Å². The van der Waals surface area contributed by atoms with Crippen molar-refractivity contribution in [1.82, 2.24) is 0 Å². The highest BCUT2D eigenvalue weighted by Crippen LogP contribution is 2.32. The van der Waals surface area contributed by atoms with Crippen LogP contribution in [0.15, 0.2) is 42.5 Å². The zero-order valence-electron chi connectivity index (χ0n) is 14.9. The number of esters is 1. The third kappa shape index (κ3) is 4.03. The number of ether oxygens (including phenoxy) is 1. The first-order valence-electron chi connectivity index (χ1n) is 8.38. The second kappa shape index (κ2) is 7.41. The summed E-state index contributed by atoms with van der Waals surface area (Å²) in [6, 6.07) is 11.2. The quantitative estimate of drug-likeness (QED) is 0.626. The van der Waals surface area contributed by atoms with E-state index in [9.17, 15) is 19.2 Å². The molecule has 0 radical (unpaired) electrons. The van der Waals surface area contributed by atoms with Crippen molar-refractivity contribution in [3.8, 4) is 0 Å². The zero-order chi connectivity index (χ0) is 19.6. The molecular formula is C20H18N2O5.